The summed E-state index contributed by atoms with van der Waals surface area (Å²) in [6.45, 7) is 3.19. The first kappa shape index (κ1) is 14.6. The molecule has 1 aliphatic carbocycles. The smallest absolute Gasteiger partial charge is 0.0542 e. The second kappa shape index (κ2) is 7.11. The van der Waals surface area contributed by atoms with Crippen molar-refractivity contribution in [3.8, 4) is 0 Å². The first-order chi connectivity index (χ1) is 8.70. The van der Waals surface area contributed by atoms with Gasteiger partial charge in [0.2, 0.25) is 0 Å². The lowest BCUT2D eigenvalue weighted by Gasteiger charge is -2.22. The molecule has 1 atom stereocenters. The van der Waals surface area contributed by atoms with Gasteiger partial charge in [0.1, 0.15) is 0 Å². The molecule has 3 heteroatoms. The molecular weight excluding hydrogens is 357 g/mol. The van der Waals surface area contributed by atoms with Crippen molar-refractivity contribution in [1.82, 2.24) is 5.32 Å². The summed E-state index contributed by atoms with van der Waals surface area (Å²) in [7, 11) is 0. The molecular formula is C15H21ClIN. The van der Waals surface area contributed by atoms with Gasteiger partial charge in [-0.1, -0.05) is 50.3 Å². The average Bonchev–Trinajstić information content (AvgIpc) is 2.85. The number of rotatable bonds is 5. The van der Waals surface area contributed by atoms with Crippen molar-refractivity contribution in [3.05, 3.63) is 32.4 Å². The van der Waals surface area contributed by atoms with Crippen molar-refractivity contribution in [2.45, 2.75) is 45.1 Å². The van der Waals surface area contributed by atoms with Gasteiger partial charge in [-0.3, -0.25) is 0 Å². The molecule has 1 N–H and O–H groups in total. The van der Waals surface area contributed by atoms with Crippen LogP contribution in [0.3, 0.4) is 0 Å². The Labute approximate surface area is 129 Å². The largest absolute Gasteiger partial charge is 0.310 e. The molecule has 100 valence electrons. The molecule has 1 unspecified atom stereocenters. The fourth-order valence-electron chi connectivity index (χ4n) is 2.89. The maximum absolute atomic E-state index is 6.24. The molecule has 2 rings (SSSR count). The highest BCUT2D eigenvalue weighted by Gasteiger charge is 2.21. The topological polar surface area (TPSA) is 12.0 Å². The molecule has 1 fully saturated rings. The SMILES string of the molecule is CCNC(CC1CCCC1)c1ccc(I)c(Cl)c1. The highest BCUT2D eigenvalue weighted by molar-refractivity contribution is 14.1. The van der Waals surface area contributed by atoms with Crippen LogP contribution < -0.4 is 5.32 Å². The molecule has 0 heterocycles. The summed E-state index contributed by atoms with van der Waals surface area (Å²) >= 11 is 8.52. The normalized spacial score (nSPS) is 18.2. The molecule has 0 radical (unpaired) electrons. The molecule has 1 nitrogen and oxygen atoms in total. The molecule has 1 aliphatic rings. The predicted octanol–water partition coefficient (Wildman–Crippen LogP) is 5.18. The standard InChI is InChI=1S/C15H21ClIN/c1-2-18-15(9-11-5-3-4-6-11)12-7-8-14(17)13(16)10-12/h7-8,10-11,15,18H,2-6,9H2,1H3. The van der Waals surface area contributed by atoms with Gasteiger partial charge in [-0.25, -0.2) is 0 Å². The highest BCUT2D eigenvalue weighted by Crippen LogP contribution is 2.34. The van der Waals surface area contributed by atoms with Crippen LogP contribution in [-0.4, -0.2) is 6.54 Å². The van der Waals surface area contributed by atoms with Gasteiger partial charge in [0, 0.05) is 9.61 Å². The third kappa shape index (κ3) is 3.84. The first-order valence-corrected chi connectivity index (χ1v) is 8.34. The van der Waals surface area contributed by atoms with Crippen LogP contribution in [0.1, 0.15) is 50.6 Å². The Bertz CT molecular complexity index is 388. The van der Waals surface area contributed by atoms with Crippen LogP contribution in [0, 0.1) is 9.49 Å². The molecule has 0 aromatic heterocycles. The fraction of sp³-hybridized carbons (Fsp3) is 0.600. The lowest BCUT2D eigenvalue weighted by Crippen LogP contribution is -2.23. The second-order valence-corrected chi connectivity index (χ2v) is 6.74. The molecule has 0 amide bonds. The Kier molecular flexibility index (Phi) is 5.77. The van der Waals surface area contributed by atoms with E-state index >= 15 is 0 Å². The minimum atomic E-state index is 0.465. The maximum Gasteiger partial charge on any atom is 0.0542 e. The lowest BCUT2D eigenvalue weighted by molar-refractivity contribution is 0.401. The van der Waals surface area contributed by atoms with Crippen LogP contribution in [0.5, 0.6) is 0 Å². The van der Waals surface area contributed by atoms with E-state index < -0.39 is 0 Å². The van der Waals surface area contributed by atoms with E-state index in [9.17, 15) is 0 Å². The Morgan fingerprint density at radius 1 is 1.39 bits per heavy atom. The zero-order chi connectivity index (χ0) is 13.0. The third-order valence-electron chi connectivity index (χ3n) is 3.84. The van der Waals surface area contributed by atoms with Crippen molar-refractivity contribution in [1.29, 1.82) is 0 Å². The highest BCUT2D eigenvalue weighted by atomic mass is 127. The van der Waals surface area contributed by atoms with Crippen LogP contribution in [0.25, 0.3) is 0 Å². The monoisotopic (exact) mass is 377 g/mol. The fourth-order valence-corrected chi connectivity index (χ4v) is 3.42. The summed E-state index contributed by atoms with van der Waals surface area (Å²) < 4.78 is 1.13. The van der Waals surface area contributed by atoms with E-state index in [0.29, 0.717) is 6.04 Å². The lowest BCUT2D eigenvalue weighted by atomic mass is 9.93. The summed E-state index contributed by atoms with van der Waals surface area (Å²) in [6, 6.07) is 6.94. The van der Waals surface area contributed by atoms with Crippen LogP contribution in [0.15, 0.2) is 18.2 Å². The summed E-state index contributed by atoms with van der Waals surface area (Å²) in [6.07, 6.45) is 6.89. The van der Waals surface area contributed by atoms with Gasteiger partial charge in [-0.15, -0.1) is 0 Å². The number of benzene rings is 1. The molecule has 0 aliphatic heterocycles. The van der Waals surface area contributed by atoms with Gasteiger partial charge < -0.3 is 5.32 Å². The Balaban J connectivity index is 2.09. The van der Waals surface area contributed by atoms with E-state index in [4.69, 9.17) is 11.6 Å². The molecule has 0 saturated heterocycles. The predicted molar refractivity (Wildman–Crippen MR) is 87.2 cm³/mol. The van der Waals surface area contributed by atoms with E-state index in [2.05, 4.69) is 53.0 Å². The second-order valence-electron chi connectivity index (χ2n) is 5.17. The van der Waals surface area contributed by atoms with Crippen molar-refractivity contribution >= 4 is 34.2 Å². The van der Waals surface area contributed by atoms with E-state index in [1.54, 1.807) is 0 Å². The van der Waals surface area contributed by atoms with Crippen LogP contribution in [-0.2, 0) is 0 Å². The minimum Gasteiger partial charge on any atom is -0.310 e. The average molecular weight is 378 g/mol. The summed E-state index contributed by atoms with van der Waals surface area (Å²) in [5.41, 5.74) is 1.34. The van der Waals surface area contributed by atoms with E-state index in [0.717, 1.165) is 21.1 Å². The van der Waals surface area contributed by atoms with Gasteiger partial charge in [-0.2, -0.15) is 0 Å². The molecule has 1 aromatic carbocycles. The number of nitrogens with one attached hydrogen (secondary N) is 1. The van der Waals surface area contributed by atoms with Crippen molar-refractivity contribution < 1.29 is 0 Å². The van der Waals surface area contributed by atoms with Gasteiger partial charge in [0.25, 0.3) is 0 Å². The van der Waals surface area contributed by atoms with Gasteiger partial charge in [0.05, 0.1) is 5.02 Å². The maximum atomic E-state index is 6.24. The van der Waals surface area contributed by atoms with Crippen molar-refractivity contribution in [3.63, 3.8) is 0 Å². The van der Waals surface area contributed by atoms with Crippen LogP contribution >= 0.6 is 34.2 Å². The zero-order valence-electron chi connectivity index (χ0n) is 10.9. The van der Waals surface area contributed by atoms with Crippen molar-refractivity contribution in [2.24, 2.45) is 5.92 Å². The van der Waals surface area contributed by atoms with E-state index in [1.165, 1.54) is 37.7 Å². The molecule has 18 heavy (non-hydrogen) atoms. The number of hydrogen-bond donors (Lipinski definition) is 1. The molecule has 1 saturated carbocycles. The Morgan fingerprint density at radius 3 is 2.72 bits per heavy atom. The zero-order valence-corrected chi connectivity index (χ0v) is 13.8. The van der Waals surface area contributed by atoms with Gasteiger partial charge in [0.15, 0.2) is 0 Å². The van der Waals surface area contributed by atoms with Crippen LogP contribution in [0.4, 0.5) is 0 Å². The quantitative estimate of drug-likeness (QED) is 0.698. The molecule has 1 aromatic rings. The minimum absolute atomic E-state index is 0.465. The number of halogens is 2. The van der Waals surface area contributed by atoms with E-state index in [-0.39, 0.29) is 0 Å². The summed E-state index contributed by atoms with van der Waals surface area (Å²) in [5.74, 6) is 0.895. The summed E-state index contributed by atoms with van der Waals surface area (Å²) in [5, 5.41) is 4.49. The Morgan fingerprint density at radius 2 is 2.11 bits per heavy atom. The van der Waals surface area contributed by atoms with Crippen molar-refractivity contribution in [2.75, 3.05) is 6.54 Å². The van der Waals surface area contributed by atoms with Gasteiger partial charge in [-0.05, 0) is 59.2 Å². The van der Waals surface area contributed by atoms with E-state index in [1.807, 2.05) is 0 Å². The first-order valence-electron chi connectivity index (χ1n) is 6.89. The van der Waals surface area contributed by atoms with Crippen LogP contribution in [0.2, 0.25) is 5.02 Å². The molecule has 0 spiro atoms. The Hall–Kier alpha value is 0.200. The third-order valence-corrected chi connectivity index (χ3v) is 5.41. The molecule has 0 bridgehead atoms. The summed E-state index contributed by atoms with van der Waals surface area (Å²) in [4.78, 5) is 0. The van der Waals surface area contributed by atoms with Gasteiger partial charge >= 0.3 is 0 Å². The number of hydrogen-bond acceptors (Lipinski definition) is 1.